The van der Waals surface area contributed by atoms with Crippen LogP contribution in [0.15, 0.2) is 29.2 Å². The highest BCUT2D eigenvalue weighted by Crippen LogP contribution is 2.38. The molecule has 24 heavy (non-hydrogen) atoms. The highest BCUT2D eigenvalue weighted by molar-refractivity contribution is 7.85. The zero-order valence-electron chi connectivity index (χ0n) is 15.0. The van der Waals surface area contributed by atoms with E-state index < -0.39 is 16.4 Å². The van der Waals surface area contributed by atoms with Gasteiger partial charge in [-0.05, 0) is 23.8 Å². The number of rotatable bonds is 4. The maximum atomic E-state index is 11.7. The van der Waals surface area contributed by atoms with Crippen molar-refractivity contribution in [2.75, 3.05) is 0 Å². The van der Waals surface area contributed by atoms with Gasteiger partial charge in [-0.15, -0.1) is 0 Å². The van der Waals surface area contributed by atoms with Crippen molar-refractivity contribution in [2.45, 2.75) is 70.9 Å². The summed E-state index contributed by atoms with van der Waals surface area (Å²) in [4.78, 5) is -0.158. The molecule has 5 nitrogen and oxygen atoms in total. The van der Waals surface area contributed by atoms with Crippen LogP contribution < -0.4 is 0 Å². The molecule has 1 aromatic carbocycles. The predicted octanol–water partition coefficient (Wildman–Crippen LogP) is 4.20. The molecule has 1 aromatic rings. The van der Waals surface area contributed by atoms with Gasteiger partial charge < -0.3 is 9.47 Å². The minimum absolute atomic E-state index is 0.0226. The van der Waals surface area contributed by atoms with E-state index in [1.807, 2.05) is 0 Å². The first-order valence-electron chi connectivity index (χ1n) is 8.35. The molecule has 0 aromatic heterocycles. The minimum Gasteiger partial charge on any atom is -0.345 e. The van der Waals surface area contributed by atoms with E-state index in [1.165, 1.54) is 6.07 Å². The van der Waals surface area contributed by atoms with Crippen molar-refractivity contribution in [3.05, 3.63) is 29.8 Å². The topological polar surface area (TPSA) is 72.8 Å². The summed E-state index contributed by atoms with van der Waals surface area (Å²) in [5.41, 5.74) is 0.445. The summed E-state index contributed by atoms with van der Waals surface area (Å²) >= 11 is 0. The van der Waals surface area contributed by atoms with Crippen molar-refractivity contribution in [3.8, 4) is 0 Å². The predicted molar refractivity (Wildman–Crippen MR) is 92.3 cm³/mol. The first kappa shape index (κ1) is 19.4. The Balaban J connectivity index is 2.35. The Labute approximate surface area is 145 Å². The molecule has 1 fully saturated rings. The summed E-state index contributed by atoms with van der Waals surface area (Å²) in [7, 11) is -4.33. The Morgan fingerprint density at radius 2 is 1.83 bits per heavy atom. The third-order valence-corrected chi connectivity index (χ3v) is 5.07. The Morgan fingerprint density at radius 3 is 2.38 bits per heavy atom. The summed E-state index contributed by atoms with van der Waals surface area (Å²) in [6.45, 7) is 10.6. The Bertz CT molecular complexity index is 660. The third kappa shape index (κ3) is 5.02. The van der Waals surface area contributed by atoms with Gasteiger partial charge in [0.05, 0.1) is 12.2 Å². The van der Waals surface area contributed by atoms with Crippen LogP contribution in [0.4, 0.5) is 0 Å². The van der Waals surface area contributed by atoms with Crippen LogP contribution in [0.3, 0.4) is 0 Å². The molecular weight excluding hydrogens is 328 g/mol. The normalized spacial score (nSPS) is 25.9. The Kier molecular flexibility index (Phi) is 5.75. The third-order valence-electron chi connectivity index (χ3n) is 4.14. The van der Waals surface area contributed by atoms with E-state index in [1.54, 1.807) is 18.2 Å². The second-order valence-electron chi connectivity index (χ2n) is 8.02. The lowest BCUT2D eigenvalue weighted by molar-refractivity contribution is -0.261. The van der Waals surface area contributed by atoms with Crippen molar-refractivity contribution in [1.29, 1.82) is 0 Å². The van der Waals surface area contributed by atoms with Gasteiger partial charge in [-0.1, -0.05) is 52.8 Å². The molecular formula is C18H28O5S. The standard InChI is InChI=1S/C18H28O5S/c1-12(2)15-10-13(11-18(3,4)5)22-17(23-15)14-8-6-7-9-16(14)24(19,20)21/h6-9,12-13,15,17H,10-11H2,1-5H3,(H,19,20,21). The molecule has 1 saturated heterocycles. The maximum Gasteiger partial charge on any atom is 0.294 e. The van der Waals surface area contributed by atoms with E-state index >= 15 is 0 Å². The molecule has 1 aliphatic rings. The van der Waals surface area contributed by atoms with Crippen LogP contribution >= 0.6 is 0 Å². The van der Waals surface area contributed by atoms with Crippen LogP contribution in [0.5, 0.6) is 0 Å². The lowest BCUT2D eigenvalue weighted by atomic mass is 9.85. The largest absolute Gasteiger partial charge is 0.345 e. The van der Waals surface area contributed by atoms with Crippen LogP contribution in [-0.2, 0) is 19.6 Å². The molecule has 6 heteroatoms. The first-order chi connectivity index (χ1) is 11.0. The Hall–Kier alpha value is -0.950. The average Bonchev–Trinajstić information content (AvgIpc) is 2.44. The van der Waals surface area contributed by atoms with E-state index in [0.717, 1.165) is 12.8 Å². The van der Waals surface area contributed by atoms with Gasteiger partial charge in [-0.3, -0.25) is 4.55 Å². The number of benzene rings is 1. The fourth-order valence-corrected chi connectivity index (χ4v) is 3.75. The molecule has 1 heterocycles. The molecule has 1 aliphatic heterocycles. The van der Waals surface area contributed by atoms with Crippen molar-refractivity contribution in [2.24, 2.45) is 11.3 Å². The summed E-state index contributed by atoms with van der Waals surface area (Å²) < 4.78 is 44.9. The fraction of sp³-hybridized carbons (Fsp3) is 0.667. The van der Waals surface area contributed by atoms with E-state index in [0.29, 0.717) is 5.56 Å². The van der Waals surface area contributed by atoms with Gasteiger partial charge in [0.25, 0.3) is 10.1 Å². The van der Waals surface area contributed by atoms with E-state index in [-0.39, 0.29) is 28.4 Å². The van der Waals surface area contributed by atoms with E-state index in [9.17, 15) is 13.0 Å². The maximum absolute atomic E-state index is 11.7. The summed E-state index contributed by atoms with van der Waals surface area (Å²) in [6, 6.07) is 6.29. The molecule has 0 saturated carbocycles. The van der Waals surface area contributed by atoms with Crippen LogP contribution in [0.2, 0.25) is 0 Å². The van der Waals surface area contributed by atoms with Gasteiger partial charge >= 0.3 is 0 Å². The monoisotopic (exact) mass is 356 g/mol. The van der Waals surface area contributed by atoms with Crippen LogP contribution in [0.1, 0.15) is 59.3 Å². The molecule has 3 atom stereocenters. The highest BCUT2D eigenvalue weighted by atomic mass is 32.2. The SMILES string of the molecule is CC(C)C1CC(CC(C)(C)C)OC(c2ccccc2S(=O)(=O)O)O1. The molecule has 3 unspecified atom stereocenters. The van der Waals surface area contributed by atoms with Crippen molar-refractivity contribution < 1.29 is 22.4 Å². The number of hydrogen-bond donors (Lipinski definition) is 1. The molecule has 0 amide bonds. The average molecular weight is 356 g/mol. The molecule has 0 radical (unpaired) electrons. The van der Waals surface area contributed by atoms with Gasteiger partial charge in [0.1, 0.15) is 4.90 Å². The second kappa shape index (κ2) is 7.12. The molecule has 136 valence electrons. The van der Waals surface area contributed by atoms with Gasteiger partial charge in [0.2, 0.25) is 0 Å². The van der Waals surface area contributed by atoms with Gasteiger partial charge in [-0.2, -0.15) is 8.42 Å². The summed E-state index contributed by atoms with van der Waals surface area (Å²) in [6.07, 6.45) is 0.789. The number of hydrogen-bond acceptors (Lipinski definition) is 4. The smallest absolute Gasteiger partial charge is 0.294 e. The van der Waals surface area contributed by atoms with E-state index in [2.05, 4.69) is 34.6 Å². The zero-order chi connectivity index (χ0) is 18.1. The molecule has 0 bridgehead atoms. The quantitative estimate of drug-likeness (QED) is 0.819. The Morgan fingerprint density at radius 1 is 1.21 bits per heavy atom. The van der Waals surface area contributed by atoms with Crippen LogP contribution in [0.25, 0.3) is 0 Å². The highest BCUT2D eigenvalue weighted by Gasteiger charge is 2.36. The van der Waals surface area contributed by atoms with Crippen molar-refractivity contribution in [3.63, 3.8) is 0 Å². The van der Waals surface area contributed by atoms with Gasteiger partial charge in [-0.25, -0.2) is 0 Å². The van der Waals surface area contributed by atoms with Crippen molar-refractivity contribution in [1.82, 2.24) is 0 Å². The van der Waals surface area contributed by atoms with Gasteiger partial charge in [0, 0.05) is 12.0 Å². The number of ether oxygens (including phenoxy) is 2. The summed E-state index contributed by atoms with van der Waals surface area (Å²) in [5, 5.41) is 0. The second-order valence-corrected chi connectivity index (χ2v) is 9.41. The van der Waals surface area contributed by atoms with Gasteiger partial charge in [0.15, 0.2) is 6.29 Å². The molecule has 2 rings (SSSR count). The molecule has 0 aliphatic carbocycles. The lowest BCUT2D eigenvalue weighted by Gasteiger charge is -2.40. The fourth-order valence-electron chi connectivity index (χ4n) is 3.04. The summed E-state index contributed by atoms with van der Waals surface area (Å²) in [5.74, 6) is 0.289. The molecule has 0 spiro atoms. The van der Waals surface area contributed by atoms with Crippen LogP contribution in [-0.4, -0.2) is 25.2 Å². The van der Waals surface area contributed by atoms with E-state index in [4.69, 9.17) is 9.47 Å². The lowest BCUT2D eigenvalue weighted by Crippen LogP contribution is -2.38. The minimum atomic E-state index is -4.33. The zero-order valence-corrected chi connectivity index (χ0v) is 15.8. The van der Waals surface area contributed by atoms with Crippen molar-refractivity contribution >= 4 is 10.1 Å². The van der Waals surface area contributed by atoms with Crippen LogP contribution in [0, 0.1) is 11.3 Å². The molecule has 1 N–H and O–H groups in total. The first-order valence-corrected chi connectivity index (χ1v) is 9.79.